The van der Waals surface area contributed by atoms with Crippen LogP contribution in [0.15, 0.2) is 16.9 Å². The van der Waals surface area contributed by atoms with Crippen LogP contribution in [0.5, 0.6) is 0 Å². The third kappa shape index (κ3) is 2.24. The third-order valence-corrected chi connectivity index (χ3v) is 7.67. The molecule has 164 valence electrons. The predicted molar refractivity (Wildman–Crippen MR) is 116 cm³/mol. The number of carbonyl (C=O) groups excluding carboxylic acids is 1. The summed E-state index contributed by atoms with van der Waals surface area (Å²) >= 11 is 0. The van der Waals surface area contributed by atoms with E-state index in [2.05, 4.69) is 6.92 Å². The first-order chi connectivity index (χ1) is 15.3. The van der Waals surface area contributed by atoms with Gasteiger partial charge in [0.05, 0.1) is 29.0 Å². The Morgan fingerprint density at radius 1 is 1.28 bits per heavy atom. The summed E-state index contributed by atoms with van der Waals surface area (Å²) < 4.78 is 21.5. The quantitative estimate of drug-likeness (QED) is 0.463. The van der Waals surface area contributed by atoms with Crippen molar-refractivity contribution >= 4 is 16.9 Å². The normalized spacial score (nSPS) is 23.0. The van der Waals surface area contributed by atoms with Gasteiger partial charge in [0.25, 0.3) is 5.56 Å². The van der Waals surface area contributed by atoms with Gasteiger partial charge in [0.2, 0.25) is 0 Å². The average molecular weight is 434 g/mol. The molecular formula is C25H23FN2O4. The molecule has 0 amide bonds. The van der Waals surface area contributed by atoms with Gasteiger partial charge >= 0.3 is 5.97 Å². The van der Waals surface area contributed by atoms with Crippen LogP contribution in [0.3, 0.4) is 0 Å². The van der Waals surface area contributed by atoms with Gasteiger partial charge < -0.3 is 14.4 Å². The van der Waals surface area contributed by atoms with Crippen molar-refractivity contribution in [2.45, 2.75) is 64.7 Å². The molecule has 0 fully saturated rings. The Hall–Kier alpha value is -3.06. The molecular weight excluding hydrogens is 411 g/mol. The number of hydrogen-bond donors (Lipinski definition) is 1. The van der Waals surface area contributed by atoms with Crippen LogP contribution in [0.4, 0.5) is 4.39 Å². The predicted octanol–water partition coefficient (Wildman–Crippen LogP) is 3.58. The van der Waals surface area contributed by atoms with Crippen LogP contribution in [0.25, 0.3) is 22.3 Å². The molecule has 0 radical (unpaired) electrons. The van der Waals surface area contributed by atoms with Gasteiger partial charge in [-0.25, -0.2) is 14.2 Å². The zero-order valence-corrected chi connectivity index (χ0v) is 18.2. The maximum Gasteiger partial charge on any atom is 0.343 e. The first kappa shape index (κ1) is 19.6. The van der Waals surface area contributed by atoms with E-state index in [0.717, 1.165) is 34.9 Å². The van der Waals surface area contributed by atoms with Crippen LogP contribution >= 0.6 is 0 Å². The number of esters is 1. The lowest BCUT2D eigenvalue weighted by atomic mass is 9.79. The number of aromatic nitrogens is 2. The number of rotatable bonds is 1. The van der Waals surface area contributed by atoms with Crippen LogP contribution in [0.1, 0.15) is 66.0 Å². The van der Waals surface area contributed by atoms with E-state index in [9.17, 15) is 19.1 Å². The lowest BCUT2D eigenvalue weighted by Crippen LogP contribution is -2.44. The standard InChI is InChI=1S/C25H23FN2O4/c1-4-25(31)16-7-19-22-14(9-28(19)23(29)15(16)10-32-24(25)30)20-11(2)5-6-13-12(3)17(26)8-18(27-22)21(13)20/h7-8,11,31H,4-6,9-10H2,1-3H3/t11-,25+/m0/s1. The Morgan fingerprint density at radius 2 is 2.06 bits per heavy atom. The Morgan fingerprint density at radius 3 is 2.81 bits per heavy atom. The molecule has 32 heavy (non-hydrogen) atoms. The van der Waals surface area contributed by atoms with E-state index in [4.69, 9.17) is 9.72 Å². The third-order valence-electron chi connectivity index (χ3n) is 7.67. The van der Waals surface area contributed by atoms with Crippen molar-refractivity contribution < 1.29 is 19.0 Å². The number of aryl methyl sites for hydroxylation is 1. The molecule has 2 aliphatic heterocycles. The molecule has 4 heterocycles. The fourth-order valence-electron chi connectivity index (χ4n) is 5.79. The molecule has 3 aromatic rings. The highest BCUT2D eigenvalue weighted by Gasteiger charge is 2.45. The molecule has 1 N–H and O–H groups in total. The van der Waals surface area contributed by atoms with Crippen molar-refractivity contribution in [3.8, 4) is 11.4 Å². The summed E-state index contributed by atoms with van der Waals surface area (Å²) in [7, 11) is 0. The molecule has 0 unspecified atom stereocenters. The molecule has 1 aliphatic carbocycles. The SMILES string of the molecule is CC[C@]1(O)C(=O)OCc2c1cc1n(c2=O)Cc2c-1nc1cc(F)c(C)c3c1c2[C@@H](C)CC3. The summed E-state index contributed by atoms with van der Waals surface area (Å²) in [6, 6.07) is 3.19. The van der Waals surface area contributed by atoms with Crippen molar-refractivity contribution in [2.24, 2.45) is 0 Å². The fourth-order valence-corrected chi connectivity index (χ4v) is 5.79. The van der Waals surface area contributed by atoms with Crippen molar-refractivity contribution in [2.75, 3.05) is 0 Å². The number of cyclic esters (lactones) is 1. The summed E-state index contributed by atoms with van der Waals surface area (Å²) in [6.45, 7) is 5.87. The average Bonchev–Trinajstić information content (AvgIpc) is 3.14. The van der Waals surface area contributed by atoms with Crippen molar-refractivity contribution in [3.05, 3.63) is 61.7 Å². The minimum Gasteiger partial charge on any atom is -0.458 e. The van der Waals surface area contributed by atoms with Crippen LogP contribution < -0.4 is 5.56 Å². The molecule has 2 aromatic heterocycles. The number of ether oxygens (including phenoxy) is 1. The van der Waals surface area contributed by atoms with E-state index in [1.54, 1.807) is 17.6 Å². The van der Waals surface area contributed by atoms with Gasteiger partial charge in [-0.3, -0.25) is 4.79 Å². The molecule has 1 aromatic carbocycles. The van der Waals surface area contributed by atoms with Gasteiger partial charge in [-0.1, -0.05) is 13.8 Å². The van der Waals surface area contributed by atoms with E-state index in [-0.39, 0.29) is 30.3 Å². The van der Waals surface area contributed by atoms with E-state index in [0.29, 0.717) is 40.1 Å². The van der Waals surface area contributed by atoms with E-state index in [1.165, 1.54) is 6.07 Å². The molecule has 3 aliphatic rings. The minimum atomic E-state index is -1.86. The molecule has 6 nitrogen and oxygen atoms in total. The zero-order chi connectivity index (χ0) is 22.5. The van der Waals surface area contributed by atoms with Crippen LogP contribution in [-0.4, -0.2) is 20.6 Å². The van der Waals surface area contributed by atoms with Crippen LogP contribution in [-0.2, 0) is 34.7 Å². The summed E-state index contributed by atoms with van der Waals surface area (Å²) in [5.74, 6) is -0.763. The molecule has 0 saturated heterocycles. The van der Waals surface area contributed by atoms with Gasteiger partial charge in [0, 0.05) is 22.6 Å². The van der Waals surface area contributed by atoms with Crippen molar-refractivity contribution in [1.82, 2.24) is 9.55 Å². The number of pyridine rings is 2. The summed E-state index contributed by atoms with van der Waals surface area (Å²) in [5.41, 5.74) is 4.02. The number of halogens is 1. The number of carbonyl (C=O) groups is 1. The number of nitrogens with zero attached hydrogens (tertiary/aromatic N) is 2. The minimum absolute atomic E-state index is 0.0931. The Balaban J connectivity index is 1.70. The Kier molecular flexibility index (Phi) is 3.83. The van der Waals surface area contributed by atoms with E-state index < -0.39 is 11.6 Å². The van der Waals surface area contributed by atoms with Gasteiger partial charge in [0.15, 0.2) is 5.60 Å². The smallest absolute Gasteiger partial charge is 0.343 e. The first-order valence-electron chi connectivity index (χ1n) is 11.1. The second-order valence-corrected chi connectivity index (χ2v) is 9.25. The van der Waals surface area contributed by atoms with Gasteiger partial charge in [0.1, 0.15) is 12.4 Å². The Labute approximate surface area is 183 Å². The van der Waals surface area contributed by atoms with Gasteiger partial charge in [-0.15, -0.1) is 0 Å². The van der Waals surface area contributed by atoms with Crippen molar-refractivity contribution in [1.29, 1.82) is 0 Å². The van der Waals surface area contributed by atoms with Crippen LogP contribution in [0.2, 0.25) is 0 Å². The topological polar surface area (TPSA) is 81.4 Å². The number of aliphatic hydroxyl groups is 1. The lowest BCUT2D eigenvalue weighted by Gasteiger charge is -2.31. The monoisotopic (exact) mass is 434 g/mol. The Bertz CT molecular complexity index is 1440. The fraction of sp³-hybridized carbons (Fsp3) is 0.400. The number of fused-ring (bicyclic) bond motifs is 5. The molecule has 2 atom stereocenters. The second-order valence-electron chi connectivity index (χ2n) is 9.25. The maximum atomic E-state index is 14.7. The van der Waals surface area contributed by atoms with Crippen LogP contribution in [0, 0.1) is 12.7 Å². The largest absolute Gasteiger partial charge is 0.458 e. The molecule has 6 rings (SSSR count). The maximum absolute atomic E-state index is 14.7. The summed E-state index contributed by atoms with van der Waals surface area (Å²) in [4.78, 5) is 30.6. The molecule has 0 spiro atoms. The molecule has 0 saturated carbocycles. The van der Waals surface area contributed by atoms with E-state index in [1.807, 2.05) is 6.92 Å². The second kappa shape index (κ2) is 6.25. The molecule has 0 bridgehead atoms. The van der Waals surface area contributed by atoms with E-state index >= 15 is 0 Å². The number of benzene rings is 1. The first-order valence-corrected chi connectivity index (χ1v) is 11.1. The number of hydrogen-bond acceptors (Lipinski definition) is 5. The highest BCUT2D eigenvalue weighted by atomic mass is 19.1. The van der Waals surface area contributed by atoms with Crippen molar-refractivity contribution in [3.63, 3.8) is 0 Å². The molecule has 7 heteroatoms. The van der Waals surface area contributed by atoms with Gasteiger partial charge in [-0.2, -0.15) is 0 Å². The zero-order valence-electron chi connectivity index (χ0n) is 18.2. The summed E-state index contributed by atoms with van der Waals surface area (Å²) in [5, 5.41) is 12.0. The van der Waals surface area contributed by atoms with Gasteiger partial charge in [-0.05, 0) is 54.9 Å². The highest BCUT2D eigenvalue weighted by Crippen LogP contribution is 2.46. The summed E-state index contributed by atoms with van der Waals surface area (Å²) in [6.07, 6.45) is 1.80. The highest BCUT2D eigenvalue weighted by molar-refractivity contribution is 5.93. The lowest BCUT2D eigenvalue weighted by molar-refractivity contribution is -0.172.